The Hall–Kier alpha value is -1.55. The van der Waals surface area contributed by atoms with Gasteiger partial charge >= 0.3 is 0 Å². The summed E-state index contributed by atoms with van der Waals surface area (Å²) in [5, 5.41) is 12.0. The number of rotatable bonds is 7. The lowest BCUT2D eigenvalue weighted by atomic mass is 10.1. The normalized spacial score (nSPS) is 12.0. The molecule has 0 saturated carbocycles. The van der Waals surface area contributed by atoms with Crippen LogP contribution in [0.25, 0.3) is 0 Å². The third kappa shape index (κ3) is 6.25. The molecule has 1 atom stereocenters. The van der Waals surface area contributed by atoms with Crippen LogP contribution < -0.4 is 10.1 Å². The van der Waals surface area contributed by atoms with Crippen molar-refractivity contribution in [3.8, 4) is 5.75 Å². The smallest absolute Gasteiger partial charge is 0.223 e. The molecule has 0 bridgehead atoms. The van der Waals surface area contributed by atoms with E-state index in [4.69, 9.17) is 4.74 Å². The number of amides is 1. The van der Waals surface area contributed by atoms with Crippen LogP contribution in [0, 0.1) is 13.8 Å². The Bertz CT molecular complexity index is 398. The van der Waals surface area contributed by atoms with Crippen LogP contribution in [0.2, 0.25) is 0 Å². The molecule has 4 heteroatoms. The molecule has 2 N–H and O–H groups in total. The Labute approximate surface area is 114 Å². The van der Waals surface area contributed by atoms with Gasteiger partial charge in [0.05, 0.1) is 19.1 Å². The summed E-state index contributed by atoms with van der Waals surface area (Å²) >= 11 is 0. The second-order valence-electron chi connectivity index (χ2n) is 4.79. The Morgan fingerprint density at radius 1 is 1.32 bits per heavy atom. The molecule has 4 nitrogen and oxygen atoms in total. The Balaban J connectivity index is 2.28. The lowest BCUT2D eigenvalue weighted by Gasteiger charge is -2.10. The number of nitrogens with one attached hydrogen (secondary N) is 1. The third-order valence-corrected chi connectivity index (χ3v) is 2.80. The third-order valence-electron chi connectivity index (χ3n) is 2.80. The largest absolute Gasteiger partial charge is 0.493 e. The van der Waals surface area contributed by atoms with Gasteiger partial charge in [-0.3, -0.25) is 4.79 Å². The molecule has 0 aliphatic rings. The molecule has 0 aromatic heterocycles. The van der Waals surface area contributed by atoms with E-state index in [0.717, 1.165) is 16.9 Å². The maximum Gasteiger partial charge on any atom is 0.223 e. The van der Waals surface area contributed by atoms with Crippen LogP contribution in [-0.2, 0) is 4.79 Å². The van der Waals surface area contributed by atoms with Crippen LogP contribution >= 0.6 is 0 Å². The van der Waals surface area contributed by atoms with E-state index in [2.05, 4.69) is 11.4 Å². The SMILES string of the molecule is CCC(O)CNC(=O)CCOc1cc(C)cc(C)c1. The van der Waals surface area contributed by atoms with Gasteiger partial charge in [0.2, 0.25) is 5.91 Å². The topological polar surface area (TPSA) is 58.6 Å². The van der Waals surface area contributed by atoms with E-state index in [9.17, 15) is 9.90 Å². The number of aliphatic hydroxyl groups is 1. The van der Waals surface area contributed by atoms with Crippen molar-refractivity contribution in [1.82, 2.24) is 5.32 Å². The number of hydrogen-bond acceptors (Lipinski definition) is 3. The zero-order valence-corrected chi connectivity index (χ0v) is 11.9. The number of benzene rings is 1. The van der Waals surface area contributed by atoms with Gasteiger partial charge in [0, 0.05) is 6.54 Å². The van der Waals surface area contributed by atoms with Gasteiger partial charge in [-0.2, -0.15) is 0 Å². The summed E-state index contributed by atoms with van der Waals surface area (Å²) in [6.45, 7) is 6.55. The predicted octanol–water partition coefficient (Wildman–Crippen LogP) is 1.96. The number of carbonyl (C=O) groups excluding carboxylic acids is 1. The highest BCUT2D eigenvalue weighted by Gasteiger charge is 2.05. The Kier molecular flexibility index (Phi) is 6.36. The Morgan fingerprint density at radius 2 is 1.95 bits per heavy atom. The van der Waals surface area contributed by atoms with Crippen molar-refractivity contribution in [3.63, 3.8) is 0 Å². The molecule has 0 aliphatic heterocycles. The second kappa shape index (κ2) is 7.79. The molecule has 1 aromatic rings. The van der Waals surface area contributed by atoms with Gasteiger partial charge in [0.15, 0.2) is 0 Å². The van der Waals surface area contributed by atoms with Crippen LogP contribution in [0.3, 0.4) is 0 Å². The lowest BCUT2D eigenvalue weighted by Crippen LogP contribution is -2.32. The molecule has 1 unspecified atom stereocenters. The standard InChI is InChI=1S/C15H23NO3/c1-4-13(17)10-16-15(18)5-6-19-14-8-11(2)7-12(3)9-14/h7-9,13,17H,4-6,10H2,1-3H3,(H,16,18). The van der Waals surface area contributed by atoms with Gasteiger partial charge in [-0.25, -0.2) is 0 Å². The maximum absolute atomic E-state index is 11.5. The Morgan fingerprint density at radius 3 is 2.53 bits per heavy atom. The minimum absolute atomic E-state index is 0.100. The molecule has 0 saturated heterocycles. The molecule has 19 heavy (non-hydrogen) atoms. The van der Waals surface area contributed by atoms with E-state index in [-0.39, 0.29) is 5.91 Å². The molecule has 106 valence electrons. The number of carbonyl (C=O) groups is 1. The minimum atomic E-state index is -0.468. The summed E-state index contributed by atoms with van der Waals surface area (Å²) in [6.07, 6.45) is 0.465. The van der Waals surface area contributed by atoms with E-state index >= 15 is 0 Å². The monoisotopic (exact) mass is 265 g/mol. The zero-order chi connectivity index (χ0) is 14.3. The van der Waals surface area contributed by atoms with Crippen LogP contribution in [-0.4, -0.2) is 30.3 Å². The predicted molar refractivity (Wildman–Crippen MR) is 75.3 cm³/mol. The molecule has 0 fully saturated rings. The average Bonchev–Trinajstić information content (AvgIpc) is 2.34. The molecule has 1 rings (SSSR count). The van der Waals surface area contributed by atoms with E-state index < -0.39 is 6.10 Å². The van der Waals surface area contributed by atoms with Gasteiger partial charge < -0.3 is 15.2 Å². The van der Waals surface area contributed by atoms with Crippen molar-refractivity contribution >= 4 is 5.91 Å². The number of hydrogen-bond donors (Lipinski definition) is 2. The highest BCUT2D eigenvalue weighted by Crippen LogP contribution is 2.16. The molecule has 0 spiro atoms. The van der Waals surface area contributed by atoms with Crippen LogP contribution in [0.5, 0.6) is 5.75 Å². The molecule has 0 radical (unpaired) electrons. The molecular formula is C15H23NO3. The summed E-state index contributed by atoms with van der Waals surface area (Å²) in [5.41, 5.74) is 2.29. The van der Waals surface area contributed by atoms with Gasteiger partial charge in [-0.1, -0.05) is 13.0 Å². The molecule has 1 amide bonds. The fraction of sp³-hybridized carbons (Fsp3) is 0.533. The number of ether oxygens (including phenoxy) is 1. The highest BCUT2D eigenvalue weighted by atomic mass is 16.5. The molecule has 0 aliphatic carbocycles. The zero-order valence-electron chi connectivity index (χ0n) is 11.9. The first-order valence-corrected chi connectivity index (χ1v) is 6.67. The first-order valence-electron chi connectivity index (χ1n) is 6.67. The van der Waals surface area contributed by atoms with Crippen LogP contribution in [0.1, 0.15) is 30.9 Å². The fourth-order valence-electron chi connectivity index (χ4n) is 1.74. The minimum Gasteiger partial charge on any atom is -0.493 e. The highest BCUT2D eigenvalue weighted by molar-refractivity contribution is 5.76. The maximum atomic E-state index is 11.5. The van der Waals surface area contributed by atoms with Crippen molar-refractivity contribution in [2.75, 3.05) is 13.2 Å². The van der Waals surface area contributed by atoms with Gasteiger partial charge in [-0.15, -0.1) is 0 Å². The second-order valence-corrected chi connectivity index (χ2v) is 4.79. The average molecular weight is 265 g/mol. The molecule has 1 aromatic carbocycles. The number of aryl methyl sites for hydroxylation is 2. The van der Waals surface area contributed by atoms with Crippen molar-refractivity contribution in [1.29, 1.82) is 0 Å². The van der Waals surface area contributed by atoms with Crippen molar-refractivity contribution in [2.45, 2.75) is 39.7 Å². The number of aliphatic hydroxyl groups excluding tert-OH is 1. The van der Waals surface area contributed by atoms with Gasteiger partial charge in [0.1, 0.15) is 5.75 Å². The molecule has 0 heterocycles. The first kappa shape index (κ1) is 15.5. The summed E-state index contributed by atoms with van der Waals surface area (Å²) < 4.78 is 5.55. The van der Waals surface area contributed by atoms with E-state index in [1.807, 2.05) is 32.9 Å². The van der Waals surface area contributed by atoms with Crippen molar-refractivity contribution < 1.29 is 14.6 Å². The molecular weight excluding hydrogens is 242 g/mol. The van der Waals surface area contributed by atoms with Gasteiger partial charge in [0.25, 0.3) is 0 Å². The summed E-state index contributed by atoms with van der Waals surface area (Å²) in [6, 6.07) is 5.98. The van der Waals surface area contributed by atoms with Gasteiger partial charge in [-0.05, 0) is 43.5 Å². The van der Waals surface area contributed by atoms with Crippen molar-refractivity contribution in [2.24, 2.45) is 0 Å². The fourth-order valence-corrected chi connectivity index (χ4v) is 1.74. The quantitative estimate of drug-likeness (QED) is 0.792. The van der Waals surface area contributed by atoms with E-state index in [0.29, 0.717) is 26.0 Å². The lowest BCUT2D eigenvalue weighted by molar-refractivity contribution is -0.122. The van der Waals surface area contributed by atoms with Crippen LogP contribution in [0.15, 0.2) is 18.2 Å². The van der Waals surface area contributed by atoms with E-state index in [1.54, 1.807) is 0 Å². The summed E-state index contributed by atoms with van der Waals surface area (Å²) in [4.78, 5) is 11.5. The van der Waals surface area contributed by atoms with E-state index in [1.165, 1.54) is 0 Å². The summed E-state index contributed by atoms with van der Waals surface area (Å²) in [5.74, 6) is 0.691. The first-order chi connectivity index (χ1) is 9.01. The van der Waals surface area contributed by atoms with Crippen molar-refractivity contribution in [3.05, 3.63) is 29.3 Å². The summed E-state index contributed by atoms with van der Waals surface area (Å²) in [7, 11) is 0. The van der Waals surface area contributed by atoms with Crippen LogP contribution in [0.4, 0.5) is 0 Å².